The number of nitrogens with one attached hydrogen (secondary N) is 1. The molecular formula is C26H28N4O3. The van der Waals surface area contributed by atoms with Crippen molar-refractivity contribution in [1.82, 2.24) is 14.9 Å². The normalized spacial score (nSPS) is 17.5. The number of likely N-dealkylation sites (tertiary alicyclic amines) is 1. The van der Waals surface area contributed by atoms with E-state index < -0.39 is 0 Å². The summed E-state index contributed by atoms with van der Waals surface area (Å²) in [5.74, 6) is 2.38. The number of benzene rings is 1. The average molecular weight is 445 g/mol. The van der Waals surface area contributed by atoms with Crippen LogP contribution < -0.4 is 14.8 Å². The summed E-state index contributed by atoms with van der Waals surface area (Å²) in [7, 11) is 0. The Balaban J connectivity index is 1.34. The third kappa shape index (κ3) is 4.62. The van der Waals surface area contributed by atoms with E-state index in [4.69, 9.17) is 14.5 Å². The van der Waals surface area contributed by atoms with Gasteiger partial charge in [0.05, 0.1) is 0 Å². The van der Waals surface area contributed by atoms with Crippen LogP contribution in [0.5, 0.6) is 11.5 Å². The minimum absolute atomic E-state index is 0.0202. The van der Waals surface area contributed by atoms with Crippen LogP contribution in [0, 0.1) is 13.8 Å². The van der Waals surface area contributed by atoms with Crippen molar-refractivity contribution in [2.75, 3.05) is 31.6 Å². The Kier molecular flexibility index (Phi) is 5.86. The van der Waals surface area contributed by atoms with Crippen LogP contribution in [0.3, 0.4) is 0 Å². The van der Waals surface area contributed by atoms with Gasteiger partial charge in [0, 0.05) is 47.8 Å². The van der Waals surface area contributed by atoms with Crippen LogP contribution in [-0.2, 0) is 0 Å². The summed E-state index contributed by atoms with van der Waals surface area (Å²) < 4.78 is 11.2. The number of anilines is 2. The molecule has 2 aromatic heterocycles. The third-order valence-corrected chi connectivity index (χ3v) is 6.16. The highest BCUT2D eigenvalue weighted by Gasteiger charge is 2.27. The van der Waals surface area contributed by atoms with Gasteiger partial charge in [-0.2, -0.15) is 0 Å². The van der Waals surface area contributed by atoms with Crippen molar-refractivity contribution in [2.24, 2.45) is 0 Å². The molecule has 2 aliphatic heterocycles. The van der Waals surface area contributed by atoms with Gasteiger partial charge in [-0.05, 0) is 68.7 Å². The number of hydrogen-bond acceptors (Lipinski definition) is 6. The molecule has 7 nitrogen and oxygen atoms in total. The molecule has 33 heavy (non-hydrogen) atoms. The van der Waals surface area contributed by atoms with Gasteiger partial charge >= 0.3 is 0 Å². The zero-order chi connectivity index (χ0) is 22.8. The quantitative estimate of drug-likeness (QED) is 0.632. The first-order chi connectivity index (χ1) is 16.1. The molecule has 3 aromatic rings. The second-order valence-corrected chi connectivity index (χ2v) is 8.66. The monoisotopic (exact) mass is 444 g/mol. The number of hydrogen-bond donors (Lipinski definition) is 1. The number of carbonyl (C=O) groups is 1. The third-order valence-electron chi connectivity index (χ3n) is 6.16. The highest BCUT2D eigenvalue weighted by molar-refractivity contribution is 5.95. The fourth-order valence-electron chi connectivity index (χ4n) is 4.49. The van der Waals surface area contributed by atoms with Crippen molar-refractivity contribution in [3.8, 4) is 11.5 Å². The van der Waals surface area contributed by atoms with Gasteiger partial charge in [-0.3, -0.25) is 9.78 Å². The molecule has 4 heterocycles. The lowest BCUT2D eigenvalue weighted by atomic mass is 9.93. The summed E-state index contributed by atoms with van der Waals surface area (Å²) in [5, 5.41) is 3.42. The Morgan fingerprint density at radius 3 is 2.79 bits per heavy atom. The van der Waals surface area contributed by atoms with Gasteiger partial charge in [-0.25, -0.2) is 4.98 Å². The fourth-order valence-corrected chi connectivity index (χ4v) is 4.49. The number of amides is 1. The van der Waals surface area contributed by atoms with Crippen LogP contribution in [-0.4, -0.2) is 47.1 Å². The predicted octanol–water partition coefficient (Wildman–Crippen LogP) is 4.63. The molecule has 1 aromatic carbocycles. The number of nitrogens with zero attached hydrogens (tertiary/aromatic N) is 3. The minimum atomic E-state index is 0.0202. The molecule has 1 atom stereocenters. The van der Waals surface area contributed by atoms with Gasteiger partial charge in [0.2, 0.25) is 0 Å². The number of aryl methyl sites for hydroxylation is 2. The van der Waals surface area contributed by atoms with E-state index in [1.165, 1.54) is 0 Å². The molecule has 1 fully saturated rings. The van der Waals surface area contributed by atoms with Crippen molar-refractivity contribution in [3.05, 3.63) is 71.2 Å². The molecule has 7 heteroatoms. The SMILES string of the molecule is Cc1cc(Nc2ncccc2C)cc(C2CCCN(C(=O)c3ccc4c(c3)OCCO4)C2)n1. The zero-order valence-corrected chi connectivity index (χ0v) is 19.0. The van der Waals surface area contributed by atoms with Crippen LogP contribution in [0.1, 0.15) is 46.1 Å². The van der Waals surface area contributed by atoms with Crippen LogP contribution in [0.15, 0.2) is 48.7 Å². The molecule has 0 aliphatic carbocycles. The molecule has 2 aliphatic rings. The molecule has 1 saturated heterocycles. The maximum absolute atomic E-state index is 13.3. The molecule has 5 rings (SSSR count). The van der Waals surface area contributed by atoms with Gasteiger partial charge in [-0.1, -0.05) is 6.07 Å². The second kappa shape index (κ2) is 9.10. The summed E-state index contributed by atoms with van der Waals surface area (Å²) in [5.41, 5.74) is 4.63. The largest absolute Gasteiger partial charge is 0.486 e. The summed E-state index contributed by atoms with van der Waals surface area (Å²) in [6.07, 6.45) is 3.73. The number of fused-ring (bicyclic) bond motifs is 1. The minimum Gasteiger partial charge on any atom is -0.486 e. The van der Waals surface area contributed by atoms with Crippen molar-refractivity contribution >= 4 is 17.4 Å². The summed E-state index contributed by atoms with van der Waals surface area (Å²) in [4.78, 5) is 24.4. The van der Waals surface area contributed by atoms with E-state index in [-0.39, 0.29) is 11.8 Å². The van der Waals surface area contributed by atoms with Crippen molar-refractivity contribution in [2.45, 2.75) is 32.6 Å². The number of carbonyl (C=O) groups excluding carboxylic acids is 1. The summed E-state index contributed by atoms with van der Waals surface area (Å²) >= 11 is 0. The highest BCUT2D eigenvalue weighted by atomic mass is 16.6. The molecule has 0 saturated carbocycles. The summed E-state index contributed by atoms with van der Waals surface area (Å²) in [6.45, 7) is 6.46. The predicted molar refractivity (Wildman–Crippen MR) is 127 cm³/mol. The first kappa shape index (κ1) is 21.2. The number of rotatable bonds is 4. The number of aromatic nitrogens is 2. The van der Waals surface area contributed by atoms with E-state index in [2.05, 4.69) is 16.4 Å². The van der Waals surface area contributed by atoms with E-state index in [1.54, 1.807) is 12.3 Å². The average Bonchev–Trinajstić information content (AvgIpc) is 2.84. The first-order valence-electron chi connectivity index (χ1n) is 11.4. The lowest BCUT2D eigenvalue weighted by Crippen LogP contribution is -2.39. The smallest absolute Gasteiger partial charge is 0.254 e. The number of ether oxygens (including phenoxy) is 2. The molecule has 1 unspecified atom stereocenters. The van der Waals surface area contributed by atoms with Crippen molar-refractivity contribution in [1.29, 1.82) is 0 Å². The zero-order valence-electron chi connectivity index (χ0n) is 19.0. The van der Waals surface area contributed by atoms with Crippen molar-refractivity contribution < 1.29 is 14.3 Å². The van der Waals surface area contributed by atoms with Crippen LogP contribution >= 0.6 is 0 Å². The fraction of sp³-hybridized carbons (Fsp3) is 0.346. The Labute approximate surface area is 193 Å². The number of piperidine rings is 1. The molecule has 1 amide bonds. The van der Waals surface area contributed by atoms with Crippen LogP contribution in [0.4, 0.5) is 11.5 Å². The van der Waals surface area contributed by atoms with E-state index in [0.29, 0.717) is 36.8 Å². The van der Waals surface area contributed by atoms with Gasteiger partial charge in [0.1, 0.15) is 19.0 Å². The van der Waals surface area contributed by atoms with E-state index in [0.717, 1.165) is 47.8 Å². The van der Waals surface area contributed by atoms with E-state index in [1.807, 2.05) is 49.1 Å². The van der Waals surface area contributed by atoms with Crippen LogP contribution in [0.25, 0.3) is 0 Å². The topological polar surface area (TPSA) is 76.6 Å². The molecular weight excluding hydrogens is 416 g/mol. The Morgan fingerprint density at radius 1 is 1.09 bits per heavy atom. The number of pyridine rings is 2. The standard InChI is InChI=1S/C26H28N4O3/c1-17-5-3-9-27-25(17)29-21-13-18(2)28-22(15-21)20-6-4-10-30(16-20)26(31)19-7-8-23-24(14-19)33-12-11-32-23/h3,5,7-9,13-15,20H,4,6,10-12,16H2,1-2H3,(H,27,28,29). The van der Waals surface area contributed by atoms with Crippen LogP contribution in [0.2, 0.25) is 0 Å². The van der Waals surface area contributed by atoms with Gasteiger partial charge in [0.25, 0.3) is 5.91 Å². The van der Waals surface area contributed by atoms with Gasteiger partial charge < -0.3 is 19.7 Å². The van der Waals surface area contributed by atoms with E-state index >= 15 is 0 Å². The molecule has 1 N–H and O–H groups in total. The second-order valence-electron chi connectivity index (χ2n) is 8.66. The Bertz CT molecular complexity index is 1180. The molecule has 170 valence electrons. The van der Waals surface area contributed by atoms with Gasteiger partial charge in [-0.15, -0.1) is 0 Å². The molecule has 0 spiro atoms. The summed E-state index contributed by atoms with van der Waals surface area (Å²) in [6, 6.07) is 13.5. The molecule has 0 radical (unpaired) electrons. The molecule has 0 bridgehead atoms. The van der Waals surface area contributed by atoms with Gasteiger partial charge in [0.15, 0.2) is 11.5 Å². The Hall–Kier alpha value is -3.61. The maximum Gasteiger partial charge on any atom is 0.254 e. The van der Waals surface area contributed by atoms with E-state index in [9.17, 15) is 4.79 Å². The highest BCUT2D eigenvalue weighted by Crippen LogP contribution is 2.33. The lowest BCUT2D eigenvalue weighted by molar-refractivity contribution is 0.0705. The Morgan fingerprint density at radius 2 is 1.94 bits per heavy atom. The maximum atomic E-state index is 13.3. The van der Waals surface area contributed by atoms with Crippen molar-refractivity contribution in [3.63, 3.8) is 0 Å². The first-order valence-corrected chi connectivity index (χ1v) is 11.4. The lowest BCUT2D eigenvalue weighted by Gasteiger charge is -2.33.